The molecule has 2 aromatic rings. The first-order valence-corrected chi connectivity index (χ1v) is 8.30. The molecule has 0 aromatic heterocycles. The third kappa shape index (κ3) is 5.25. The molecule has 0 unspecified atom stereocenters. The Bertz CT molecular complexity index is 855. The fraction of sp³-hybridized carbons (Fsp3) is 0.158. The smallest absolute Gasteiger partial charge is 0.266 e. The molecule has 0 bridgehead atoms. The summed E-state index contributed by atoms with van der Waals surface area (Å²) >= 11 is 11.9. The van der Waals surface area contributed by atoms with Gasteiger partial charge in [-0.2, -0.15) is 5.26 Å². The Morgan fingerprint density at radius 3 is 2.60 bits per heavy atom. The van der Waals surface area contributed by atoms with Gasteiger partial charge in [0, 0.05) is 10.6 Å². The van der Waals surface area contributed by atoms with E-state index in [1.54, 1.807) is 24.3 Å². The molecule has 0 aliphatic carbocycles. The molecule has 0 fully saturated rings. The number of nitrogens with one attached hydrogen (secondary N) is 1. The van der Waals surface area contributed by atoms with E-state index in [0.717, 1.165) is 0 Å². The number of hydrogen-bond acceptors (Lipinski definition) is 3. The average molecular weight is 375 g/mol. The van der Waals surface area contributed by atoms with Gasteiger partial charge >= 0.3 is 0 Å². The van der Waals surface area contributed by atoms with Crippen molar-refractivity contribution in [3.05, 3.63) is 63.6 Å². The van der Waals surface area contributed by atoms with Crippen LogP contribution in [0.4, 0.5) is 5.69 Å². The van der Waals surface area contributed by atoms with Gasteiger partial charge in [-0.05, 0) is 44.2 Å². The van der Waals surface area contributed by atoms with Crippen molar-refractivity contribution in [3.63, 3.8) is 0 Å². The predicted octanol–water partition coefficient (Wildman–Crippen LogP) is 5.33. The molecule has 4 nitrogen and oxygen atoms in total. The van der Waals surface area contributed by atoms with Gasteiger partial charge < -0.3 is 10.1 Å². The molecule has 1 amide bonds. The Balaban J connectivity index is 2.28. The van der Waals surface area contributed by atoms with E-state index in [1.807, 2.05) is 32.0 Å². The number of amides is 1. The van der Waals surface area contributed by atoms with Gasteiger partial charge in [0.15, 0.2) is 0 Å². The van der Waals surface area contributed by atoms with E-state index in [2.05, 4.69) is 5.32 Å². The molecule has 0 saturated carbocycles. The van der Waals surface area contributed by atoms with Gasteiger partial charge in [0.05, 0.1) is 16.8 Å². The Morgan fingerprint density at radius 1 is 1.24 bits per heavy atom. The minimum Gasteiger partial charge on any atom is -0.490 e. The van der Waals surface area contributed by atoms with Gasteiger partial charge in [-0.3, -0.25) is 4.79 Å². The molecular formula is C19H16Cl2N2O2. The van der Waals surface area contributed by atoms with Gasteiger partial charge in [-0.15, -0.1) is 0 Å². The zero-order valence-electron chi connectivity index (χ0n) is 13.7. The molecule has 0 aliphatic heterocycles. The lowest BCUT2D eigenvalue weighted by molar-refractivity contribution is -0.112. The molecule has 2 rings (SSSR count). The lowest BCUT2D eigenvalue weighted by atomic mass is 10.1. The maximum atomic E-state index is 12.4. The Labute approximate surface area is 156 Å². The number of rotatable bonds is 5. The molecule has 2 aromatic carbocycles. The monoisotopic (exact) mass is 374 g/mol. The molecule has 6 heteroatoms. The highest BCUT2D eigenvalue weighted by Gasteiger charge is 2.13. The summed E-state index contributed by atoms with van der Waals surface area (Å²) in [6, 6.07) is 13.8. The van der Waals surface area contributed by atoms with Crippen molar-refractivity contribution in [2.45, 2.75) is 20.0 Å². The molecule has 0 spiro atoms. The Kier molecular flexibility index (Phi) is 6.46. The lowest BCUT2D eigenvalue weighted by Crippen LogP contribution is -2.14. The first kappa shape index (κ1) is 18.9. The molecular weight excluding hydrogens is 359 g/mol. The van der Waals surface area contributed by atoms with E-state index >= 15 is 0 Å². The van der Waals surface area contributed by atoms with Gasteiger partial charge in [-0.25, -0.2) is 0 Å². The third-order valence-corrected chi connectivity index (χ3v) is 3.67. The topological polar surface area (TPSA) is 62.1 Å². The van der Waals surface area contributed by atoms with Crippen LogP contribution in [0, 0.1) is 11.3 Å². The van der Waals surface area contributed by atoms with Crippen LogP contribution in [-0.2, 0) is 4.79 Å². The van der Waals surface area contributed by atoms with Crippen LogP contribution in [0.2, 0.25) is 10.0 Å². The average Bonchev–Trinajstić information content (AvgIpc) is 2.56. The highest BCUT2D eigenvalue weighted by molar-refractivity contribution is 6.36. The van der Waals surface area contributed by atoms with Crippen molar-refractivity contribution in [1.82, 2.24) is 0 Å². The highest BCUT2D eigenvalue weighted by Crippen LogP contribution is 2.26. The second-order valence-electron chi connectivity index (χ2n) is 5.45. The van der Waals surface area contributed by atoms with Crippen molar-refractivity contribution in [2.24, 2.45) is 0 Å². The summed E-state index contributed by atoms with van der Waals surface area (Å²) in [5, 5.41) is 12.7. The van der Waals surface area contributed by atoms with Gasteiger partial charge in [0.1, 0.15) is 17.4 Å². The molecule has 128 valence electrons. The van der Waals surface area contributed by atoms with Crippen LogP contribution in [0.1, 0.15) is 19.4 Å². The number of carbonyl (C=O) groups is 1. The SMILES string of the molecule is CC(C)Oc1ccccc1/C=C(/C#N)C(=O)Nc1ccc(Cl)cc1Cl. The number of para-hydroxylation sites is 1. The highest BCUT2D eigenvalue weighted by atomic mass is 35.5. The fourth-order valence-corrected chi connectivity index (χ4v) is 2.50. The normalized spacial score (nSPS) is 11.1. The van der Waals surface area contributed by atoms with E-state index in [0.29, 0.717) is 27.0 Å². The van der Waals surface area contributed by atoms with E-state index in [9.17, 15) is 10.1 Å². The number of anilines is 1. The molecule has 1 N–H and O–H groups in total. The van der Waals surface area contributed by atoms with Crippen molar-refractivity contribution < 1.29 is 9.53 Å². The Morgan fingerprint density at radius 2 is 1.96 bits per heavy atom. The largest absolute Gasteiger partial charge is 0.490 e. The summed E-state index contributed by atoms with van der Waals surface area (Å²) < 4.78 is 5.70. The summed E-state index contributed by atoms with van der Waals surface area (Å²) in [5.41, 5.74) is 0.958. The zero-order chi connectivity index (χ0) is 18.4. The Hall–Kier alpha value is -2.48. The van der Waals surface area contributed by atoms with E-state index < -0.39 is 5.91 Å². The van der Waals surface area contributed by atoms with Crippen molar-refractivity contribution in [3.8, 4) is 11.8 Å². The van der Waals surface area contributed by atoms with E-state index in [-0.39, 0.29) is 11.7 Å². The molecule has 0 saturated heterocycles. The van der Waals surface area contributed by atoms with Crippen LogP contribution in [-0.4, -0.2) is 12.0 Å². The molecule has 25 heavy (non-hydrogen) atoms. The number of nitrogens with zero attached hydrogens (tertiary/aromatic N) is 1. The number of halogens is 2. The lowest BCUT2D eigenvalue weighted by Gasteiger charge is -2.12. The summed E-state index contributed by atoms with van der Waals surface area (Å²) in [7, 11) is 0. The van der Waals surface area contributed by atoms with Gasteiger partial charge in [-0.1, -0.05) is 41.4 Å². The third-order valence-electron chi connectivity index (χ3n) is 3.13. The van der Waals surface area contributed by atoms with Crippen LogP contribution >= 0.6 is 23.2 Å². The van der Waals surface area contributed by atoms with Crippen LogP contribution < -0.4 is 10.1 Å². The summed E-state index contributed by atoms with van der Waals surface area (Å²) in [4.78, 5) is 12.4. The minimum atomic E-state index is -0.564. The van der Waals surface area contributed by atoms with Crippen LogP contribution in [0.5, 0.6) is 5.75 Å². The number of carbonyl (C=O) groups excluding carboxylic acids is 1. The van der Waals surface area contributed by atoms with E-state index in [4.69, 9.17) is 27.9 Å². The van der Waals surface area contributed by atoms with Crippen molar-refractivity contribution >= 4 is 40.9 Å². The van der Waals surface area contributed by atoms with E-state index in [1.165, 1.54) is 12.1 Å². The standard InChI is InChI=1S/C19H16Cl2N2O2/c1-12(2)25-18-6-4-3-5-13(18)9-14(11-22)19(24)23-17-8-7-15(20)10-16(17)21/h3-10,12H,1-2H3,(H,23,24)/b14-9-. The molecule has 0 aliphatic rings. The number of hydrogen-bond donors (Lipinski definition) is 1. The van der Waals surface area contributed by atoms with Crippen LogP contribution in [0.15, 0.2) is 48.0 Å². The second-order valence-corrected chi connectivity index (χ2v) is 6.30. The first-order valence-electron chi connectivity index (χ1n) is 7.54. The van der Waals surface area contributed by atoms with Gasteiger partial charge in [0.2, 0.25) is 0 Å². The van der Waals surface area contributed by atoms with Gasteiger partial charge in [0.25, 0.3) is 5.91 Å². The maximum Gasteiger partial charge on any atom is 0.266 e. The number of nitriles is 1. The van der Waals surface area contributed by atoms with Crippen LogP contribution in [0.3, 0.4) is 0 Å². The first-order chi connectivity index (χ1) is 11.9. The predicted molar refractivity (Wildman–Crippen MR) is 101 cm³/mol. The minimum absolute atomic E-state index is 0.0261. The maximum absolute atomic E-state index is 12.4. The molecule has 0 radical (unpaired) electrons. The quantitative estimate of drug-likeness (QED) is 0.568. The summed E-state index contributed by atoms with van der Waals surface area (Å²) in [5.74, 6) is 0.0358. The summed E-state index contributed by atoms with van der Waals surface area (Å²) in [6.45, 7) is 3.81. The second kappa shape index (κ2) is 8.57. The number of ether oxygens (including phenoxy) is 1. The van der Waals surface area contributed by atoms with Crippen molar-refractivity contribution in [1.29, 1.82) is 5.26 Å². The van der Waals surface area contributed by atoms with Crippen molar-refractivity contribution in [2.75, 3.05) is 5.32 Å². The summed E-state index contributed by atoms with van der Waals surface area (Å²) in [6.07, 6.45) is 1.46. The van der Waals surface area contributed by atoms with Crippen LogP contribution in [0.25, 0.3) is 6.08 Å². The fourth-order valence-electron chi connectivity index (χ4n) is 2.05. The zero-order valence-corrected chi connectivity index (χ0v) is 15.2. The number of benzene rings is 2. The molecule has 0 atom stereocenters. The molecule has 0 heterocycles.